The van der Waals surface area contributed by atoms with Crippen molar-refractivity contribution in [2.24, 2.45) is 11.8 Å². The zero-order chi connectivity index (χ0) is 10.9. The van der Waals surface area contributed by atoms with E-state index in [-0.39, 0.29) is 17.6 Å². The van der Waals surface area contributed by atoms with Gasteiger partial charge in [0.1, 0.15) is 0 Å². The van der Waals surface area contributed by atoms with Gasteiger partial charge in [0.05, 0.1) is 12.0 Å². The fourth-order valence-electron chi connectivity index (χ4n) is 2.06. The molecule has 0 fully saturated rings. The average Bonchev–Trinajstić information content (AvgIpc) is 2.08. The van der Waals surface area contributed by atoms with Gasteiger partial charge in [-0.05, 0) is 38.7 Å². The summed E-state index contributed by atoms with van der Waals surface area (Å²) in [5.74, 6) is -0.122. The number of hydrogen-bond acceptors (Lipinski definition) is 2. The van der Waals surface area contributed by atoms with Crippen molar-refractivity contribution in [3.8, 4) is 0 Å². The Kier molecular flexibility index (Phi) is 3.27. The smallest absolute Gasteiger partial charge is 0.164 e. The van der Waals surface area contributed by atoms with Crippen LogP contribution in [0.4, 0.5) is 0 Å². The zero-order valence-corrected chi connectivity index (χ0v) is 9.08. The first kappa shape index (κ1) is 11.2. The number of ketones is 1. The second-order valence-electron chi connectivity index (χ2n) is 4.21. The highest BCUT2D eigenvalue weighted by Gasteiger charge is 2.35. The van der Waals surface area contributed by atoms with Crippen molar-refractivity contribution in [2.45, 2.75) is 33.3 Å². The van der Waals surface area contributed by atoms with E-state index >= 15 is 0 Å². The molecule has 3 atom stereocenters. The maximum absolute atomic E-state index is 11.8. The van der Waals surface area contributed by atoms with Crippen LogP contribution < -0.4 is 0 Å². The molecule has 0 aliphatic heterocycles. The van der Waals surface area contributed by atoms with Crippen LogP contribution in [-0.4, -0.2) is 17.0 Å². The van der Waals surface area contributed by atoms with Gasteiger partial charge in [-0.25, -0.2) is 0 Å². The van der Waals surface area contributed by atoms with Gasteiger partial charge < -0.3 is 5.11 Å². The molecule has 0 aromatic rings. The molecule has 2 nitrogen and oxygen atoms in total. The lowest BCUT2D eigenvalue weighted by molar-refractivity contribution is -0.124. The number of aliphatic hydroxyl groups excluding tert-OH is 1. The van der Waals surface area contributed by atoms with Crippen LogP contribution in [0.25, 0.3) is 0 Å². The fraction of sp³-hybridized carbons (Fsp3) is 0.583. The minimum atomic E-state index is -0.590. The van der Waals surface area contributed by atoms with Crippen molar-refractivity contribution < 1.29 is 9.90 Å². The summed E-state index contributed by atoms with van der Waals surface area (Å²) in [6, 6.07) is 0. The molecule has 1 aliphatic carbocycles. The number of rotatable bonds is 2. The van der Waals surface area contributed by atoms with Gasteiger partial charge in [0.15, 0.2) is 5.78 Å². The number of carbonyl (C=O) groups is 1. The van der Waals surface area contributed by atoms with E-state index in [1.807, 2.05) is 19.9 Å². The quantitative estimate of drug-likeness (QED) is 0.683. The minimum Gasteiger partial charge on any atom is -0.393 e. The molecule has 0 spiro atoms. The monoisotopic (exact) mass is 194 g/mol. The van der Waals surface area contributed by atoms with Crippen molar-refractivity contribution in [1.29, 1.82) is 0 Å². The molecule has 1 N–H and O–H groups in total. The number of hydrogen-bond donors (Lipinski definition) is 1. The molecule has 1 rings (SSSR count). The molecule has 0 radical (unpaired) electrons. The first-order chi connectivity index (χ1) is 6.45. The van der Waals surface area contributed by atoms with Crippen LogP contribution >= 0.6 is 0 Å². The number of Topliss-reactive ketones (excluding diaryl/α,β-unsaturated/α-hetero) is 1. The van der Waals surface area contributed by atoms with E-state index < -0.39 is 6.10 Å². The number of aliphatic hydroxyl groups is 1. The van der Waals surface area contributed by atoms with E-state index in [1.54, 1.807) is 6.92 Å². The first-order valence-electron chi connectivity index (χ1n) is 4.99. The molecule has 1 aliphatic rings. The third-order valence-electron chi connectivity index (χ3n) is 2.96. The molecule has 0 amide bonds. The van der Waals surface area contributed by atoms with Crippen LogP contribution in [-0.2, 0) is 4.79 Å². The second-order valence-corrected chi connectivity index (χ2v) is 4.21. The lowest BCUT2D eigenvalue weighted by atomic mass is 9.73. The molecule has 0 aromatic heterocycles. The fourth-order valence-corrected chi connectivity index (χ4v) is 2.06. The van der Waals surface area contributed by atoms with E-state index in [9.17, 15) is 9.90 Å². The Morgan fingerprint density at radius 2 is 2.29 bits per heavy atom. The highest BCUT2D eigenvalue weighted by molar-refractivity contribution is 5.98. The molecule has 0 bridgehead atoms. The van der Waals surface area contributed by atoms with Crippen LogP contribution in [0.3, 0.4) is 0 Å². The van der Waals surface area contributed by atoms with E-state index in [2.05, 4.69) is 6.58 Å². The van der Waals surface area contributed by atoms with E-state index in [4.69, 9.17) is 0 Å². The summed E-state index contributed by atoms with van der Waals surface area (Å²) in [6.45, 7) is 9.29. The summed E-state index contributed by atoms with van der Waals surface area (Å²) < 4.78 is 0. The van der Waals surface area contributed by atoms with Gasteiger partial charge in [0.2, 0.25) is 0 Å². The van der Waals surface area contributed by atoms with E-state index in [1.165, 1.54) is 0 Å². The molecule has 78 valence electrons. The van der Waals surface area contributed by atoms with Crippen molar-refractivity contribution in [3.05, 3.63) is 23.8 Å². The van der Waals surface area contributed by atoms with Gasteiger partial charge in [0, 0.05) is 0 Å². The summed E-state index contributed by atoms with van der Waals surface area (Å²) in [6.07, 6.45) is 2.18. The molecule has 0 saturated heterocycles. The third kappa shape index (κ3) is 1.95. The van der Waals surface area contributed by atoms with Gasteiger partial charge in [-0.3, -0.25) is 4.79 Å². The predicted molar refractivity (Wildman–Crippen MR) is 56.9 cm³/mol. The lowest BCUT2D eigenvalue weighted by Gasteiger charge is -2.31. The lowest BCUT2D eigenvalue weighted by Crippen LogP contribution is -2.36. The summed E-state index contributed by atoms with van der Waals surface area (Å²) in [7, 11) is 0. The van der Waals surface area contributed by atoms with Crippen LogP contribution in [0.5, 0.6) is 0 Å². The van der Waals surface area contributed by atoms with Crippen LogP contribution in [0, 0.1) is 11.8 Å². The van der Waals surface area contributed by atoms with Gasteiger partial charge in [-0.1, -0.05) is 18.2 Å². The molecule has 0 aromatic carbocycles. The molecule has 2 heteroatoms. The molecular weight excluding hydrogens is 176 g/mol. The molecule has 0 saturated carbocycles. The SMILES string of the molecule is C=C(C)C1CC=C(C)C(=O)C1C(C)O. The average molecular weight is 194 g/mol. The topological polar surface area (TPSA) is 37.3 Å². The summed E-state index contributed by atoms with van der Waals surface area (Å²) in [5.41, 5.74) is 1.75. The third-order valence-corrected chi connectivity index (χ3v) is 2.96. The van der Waals surface area contributed by atoms with Gasteiger partial charge in [0.25, 0.3) is 0 Å². The van der Waals surface area contributed by atoms with Crippen molar-refractivity contribution in [3.63, 3.8) is 0 Å². The molecule has 14 heavy (non-hydrogen) atoms. The molecule has 0 heterocycles. The first-order valence-corrected chi connectivity index (χ1v) is 4.99. The maximum Gasteiger partial charge on any atom is 0.164 e. The van der Waals surface area contributed by atoms with Crippen molar-refractivity contribution in [2.75, 3.05) is 0 Å². The summed E-state index contributed by atoms with van der Waals surface area (Å²) >= 11 is 0. The van der Waals surface area contributed by atoms with E-state index in [0.717, 1.165) is 17.6 Å². The van der Waals surface area contributed by atoms with E-state index in [0.29, 0.717) is 0 Å². The Bertz CT molecular complexity index is 287. The predicted octanol–water partition coefficient (Wildman–Crippen LogP) is 2.09. The van der Waals surface area contributed by atoms with Gasteiger partial charge in [-0.2, -0.15) is 0 Å². The Labute approximate surface area is 85.3 Å². The number of allylic oxidation sites excluding steroid dienone is 3. The van der Waals surface area contributed by atoms with Crippen molar-refractivity contribution >= 4 is 5.78 Å². The second kappa shape index (κ2) is 4.09. The molecular formula is C12H18O2. The Hall–Kier alpha value is -0.890. The Morgan fingerprint density at radius 1 is 1.71 bits per heavy atom. The van der Waals surface area contributed by atoms with Gasteiger partial charge >= 0.3 is 0 Å². The standard InChI is InChI=1S/C12H18O2/c1-7(2)10-6-5-8(3)12(14)11(10)9(4)13/h5,9-11,13H,1,6H2,2-4H3. The van der Waals surface area contributed by atoms with Gasteiger partial charge in [-0.15, -0.1) is 0 Å². The zero-order valence-electron chi connectivity index (χ0n) is 9.08. The van der Waals surface area contributed by atoms with Crippen LogP contribution in [0.15, 0.2) is 23.8 Å². The Balaban J connectivity index is 2.99. The van der Waals surface area contributed by atoms with Crippen LogP contribution in [0.2, 0.25) is 0 Å². The van der Waals surface area contributed by atoms with Crippen molar-refractivity contribution in [1.82, 2.24) is 0 Å². The summed E-state index contributed by atoms with van der Waals surface area (Å²) in [5, 5.41) is 9.60. The normalized spacial score (nSPS) is 29.7. The van der Waals surface area contributed by atoms with Crippen LogP contribution in [0.1, 0.15) is 27.2 Å². The number of carbonyl (C=O) groups excluding carboxylic acids is 1. The molecule has 3 unspecified atom stereocenters. The highest BCUT2D eigenvalue weighted by Crippen LogP contribution is 2.33. The minimum absolute atomic E-state index is 0.0688. The highest BCUT2D eigenvalue weighted by atomic mass is 16.3. The maximum atomic E-state index is 11.8. The Morgan fingerprint density at radius 3 is 2.71 bits per heavy atom. The summed E-state index contributed by atoms with van der Waals surface area (Å²) in [4.78, 5) is 11.8. The largest absolute Gasteiger partial charge is 0.393 e.